The zero-order chi connectivity index (χ0) is 17.8. The predicted molar refractivity (Wildman–Crippen MR) is 116 cm³/mol. The summed E-state index contributed by atoms with van der Waals surface area (Å²) in [5, 5.41) is 4.63. The Bertz CT molecular complexity index is 756. The zero-order valence-electron chi connectivity index (χ0n) is 16.3. The van der Waals surface area contributed by atoms with Crippen LogP contribution >= 0.6 is 24.8 Å². The van der Waals surface area contributed by atoms with E-state index in [1.54, 1.807) is 4.68 Å². The number of halogens is 2. The Balaban J connectivity index is 0.00000182. The van der Waals surface area contributed by atoms with Gasteiger partial charge >= 0.3 is 0 Å². The van der Waals surface area contributed by atoms with Gasteiger partial charge in [0, 0.05) is 50.4 Å². The maximum Gasteiger partial charge on any atom is 0.271 e. The Morgan fingerprint density at radius 3 is 2.26 bits per heavy atom. The third-order valence-electron chi connectivity index (χ3n) is 4.65. The minimum atomic E-state index is 0. The van der Waals surface area contributed by atoms with Crippen molar-refractivity contribution in [1.29, 1.82) is 0 Å². The Labute approximate surface area is 174 Å². The fraction of sp³-hybridized carbons (Fsp3) is 0.500. The van der Waals surface area contributed by atoms with E-state index in [9.17, 15) is 4.79 Å². The van der Waals surface area contributed by atoms with Gasteiger partial charge in [0.05, 0.1) is 5.69 Å². The molecular weight excluding hydrogens is 383 g/mol. The van der Waals surface area contributed by atoms with Gasteiger partial charge in [-0.2, -0.15) is 5.10 Å². The number of aromatic nitrogens is 2. The molecule has 1 aromatic carbocycles. The van der Waals surface area contributed by atoms with Crippen LogP contribution in [0, 0.1) is 5.92 Å². The van der Waals surface area contributed by atoms with Crippen molar-refractivity contribution in [1.82, 2.24) is 19.6 Å². The summed E-state index contributed by atoms with van der Waals surface area (Å²) in [6.45, 7) is 9.69. The molecule has 1 saturated heterocycles. The molecule has 2 heterocycles. The highest BCUT2D eigenvalue weighted by molar-refractivity contribution is 5.85. The van der Waals surface area contributed by atoms with Gasteiger partial charge in [0.15, 0.2) is 0 Å². The van der Waals surface area contributed by atoms with Gasteiger partial charge in [-0.1, -0.05) is 44.2 Å². The Kier molecular flexibility index (Phi) is 9.47. The molecule has 7 heteroatoms. The average molecular weight is 413 g/mol. The van der Waals surface area contributed by atoms with Crippen LogP contribution in [-0.4, -0.2) is 52.8 Å². The molecule has 2 aromatic rings. The molecule has 0 unspecified atom stereocenters. The molecule has 1 fully saturated rings. The highest BCUT2D eigenvalue weighted by Crippen LogP contribution is 2.17. The van der Waals surface area contributed by atoms with Crippen molar-refractivity contribution in [3.05, 3.63) is 52.3 Å². The SMILES string of the molecule is CC(C)Cn1nc(-c2ccccc2)cc(CN2CCN(C)CC2)c1=O.Cl.Cl. The van der Waals surface area contributed by atoms with Crippen LogP contribution in [0.3, 0.4) is 0 Å². The second-order valence-electron chi connectivity index (χ2n) is 7.38. The van der Waals surface area contributed by atoms with Gasteiger partial charge < -0.3 is 4.90 Å². The van der Waals surface area contributed by atoms with Crippen LogP contribution in [0.5, 0.6) is 0 Å². The Morgan fingerprint density at radius 2 is 1.67 bits per heavy atom. The number of hydrogen-bond donors (Lipinski definition) is 0. The van der Waals surface area contributed by atoms with Gasteiger partial charge in [-0.15, -0.1) is 24.8 Å². The summed E-state index contributed by atoms with van der Waals surface area (Å²) in [6.07, 6.45) is 0. The van der Waals surface area contributed by atoms with Crippen molar-refractivity contribution < 1.29 is 0 Å². The van der Waals surface area contributed by atoms with E-state index in [4.69, 9.17) is 0 Å². The predicted octanol–water partition coefficient (Wildman–Crippen LogP) is 3.16. The lowest BCUT2D eigenvalue weighted by Gasteiger charge is -2.32. The smallest absolute Gasteiger partial charge is 0.271 e. The van der Waals surface area contributed by atoms with Crippen molar-refractivity contribution in [3.8, 4) is 11.3 Å². The molecule has 3 rings (SSSR count). The van der Waals surface area contributed by atoms with E-state index in [2.05, 4.69) is 35.8 Å². The van der Waals surface area contributed by atoms with Gasteiger partial charge in [-0.05, 0) is 19.0 Å². The molecule has 1 aliphatic rings. The van der Waals surface area contributed by atoms with Crippen LogP contribution in [0.15, 0.2) is 41.2 Å². The number of benzene rings is 1. The molecule has 0 saturated carbocycles. The van der Waals surface area contributed by atoms with Gasteiger partial charge in [-0.25, -0.2) is 4.68 Å². The van der Waals surface area contributed by atoms with E-state index >= 15 is 0 Å². The quantitative estimate of drug-likeness (QED) is 0.755. The van der Waals surface area contributed by atoms with E-state index < -0.39 is 0 Å². The van der Waals surface area contributed by atoms with Gasteiger partial charge in [0.1, 0.15) is 0 Å². The second kappa shape index (κ2) is 10.8. The number of hydrogen-bond acceptors (Lipinski definition) is 4. The minimum absolute atomic E-state index is 0. The van der Waals surface area contributed by atoms with Gasteiger partial charge in [-0.3, -0.25) is 9.69 Å². The molecule has 5 nitrogen and oxygen atoms in total. The molecule has 1 aliphatic heterocycles. The summed E-state index contributed by atoms with van der Waals surface area (Å²) < 4.78 is 1.65. The normalized spacial score (nSPS) is 15.3. The molecule has 0 radical (unpaired) electrons. The van der Waals surface area contributed by atoms with Gasteiger partial charge in [0.2, 0.25) is 0 Å². The van der Waals surface area contributed by atoms with Crippen LogP contribution in [0.4, 0.5) is 0 Å². The van der Waals surface area contributed by atoms with Gasteiger partial charge in [0.25, 0.3) is 5.56 Å². The third kappa shape index (κ3) is 6.32. The second-order valence-corrected chi connectivity index (χ2v) is 7.38. The minimum Gasteiger partial charge on any atom is -0.304 e. The lowest BCUT2D eigenvalue weighted by Crippen LogP contribution is -2.45. The van der Waals surface area contributed by atoms with Crippen LogP contribution in [-0.2, 0) is 13.1 Å². The standard InChI is InChI=1S/C20H28N4O.2ClH/c1-16(2)14-24-20(25)18(15-23-11-9-22(3)10-12-23)13-19(21-24)17-7-5-4-6-8-17;;/h4-8,13,16H,9-12,14-15H2,1-3H3;2*1H. The summed E-state index contributed by atoms with van der Waals surface area (Å²) in [7, 11) is 2.15. The van der Waals surface area contributed by atoms with Crippen LogP contribution in [0.2, 0.25) is 0 Å². The molecule has 1 aromatic heterocycles. The first-order valence-electron chi connectivity index (χ1n) is 9.10. The largest absolute Gasteiger partial charge is 0.304 e. The van der Waals surface area contributed by atoms with Crippen molar-refractivity contribution in [2.75, 3.05) is 33.2 Å². The lowest BCUT2D eigenvalue weighted by molar-refractivity contribution is 0.147. The number of likely N-dealkylation sites (N-methyl/N-ethyl adjacent to an activating group) is 1. The molecule has 0 N–H and O–H groups in total. The van der Waals surface area contributed by atoms with Crippen molar-refractivity contribution >= 4 is 24.8 Å². The molecule has 0 spiro atoms. The van der Waals surface area contributed by atoms with Crippen LogP contribution < -0.4 is 5.56 Å². The first kappa shape index (κ1) is 23.6. The van der Waals surface area contributed by atoms with E-state index in [0.717, 1.165) is 43.0 Å². The maximum atomic E-state index is 12.9. The molecular formula is C20H30Cl2N4O. The molecule has 0 atom stereocenters. The average Bonchev–Trinajstić information content (AvgIpc) is 2.60. The number of nitrogens with zero attached hydrogens (tertiary/aromatic N) is 4. The molecule has 150 valence electrons. The first-order chi connectivity index (χ1) is 12.0. The van der Waals surface area contributed by atoms with E-state index in [-0.39, 0.29) is 30.4 Å². The molecule has 0 bridgehead atoms. The summed E-state index contributed by atoms with van der Waals surface area (Å²) in [6, 6.07) is 12.1. The summed E-state index contributed by atoms with van der Waals surface area (Å²) in [4.78, 5) is 17.6. The van der Waals surface area contributed by atoms with E-state index in [0.29, 0.717) is 19.0 Å². The molecule has 27 heavy (non-hydrogen) atoms. The van der Waals surface area contributed by atoms with E-state index in [1.807, 2.05) is 36.4 Å². The summed E-state index contributed by atoms with van der Waals surface area (Å²) in [5.74, 6) is 0.382. The zero-order valence-corrected chi connectivity index (χ0v) is 17.9. The fourth-order valence-corrected chi connectivity index (χ4v) is 3.18. The van der Waals surface area contributed by atoms with Crippen LogP contribution in [0.1, 0.15) is 19.4 Å². The highest BCUT2D eigenvalue weighted by Gasteiger charge is 2.17. The summed E-state index contributed by atoms with van der Waals surface area (Å²) in [5.41, 5.74) is 2.83. The van der Waals surface area contributed by atoms with Crippen molar-refractivity contribution in [2.45, 2.75) is 26.9 Å². The number of piperazine rings is 1. The van der Waals surface area contributed by atoms with Crippen molar-refractivity contribution in [3.63, 3.8) is 0 Å². The first-order valence-corrected chi connectivity index (χ1v) is 9.10. The highest BCUT2D eigenvalue weighted by atomic mass is 35.5. The Hall–Kier alpha value is -1.40. The Morgan fingerprint density at radius 1 is 1.04 bits per heavy atom. The monoisotopic (exact) mass is 412 g/mol. The lowest BCUT2D eigenvalue weighted by atomic mass is 10.1. The van der Waals surface area contributed by atoms with Crippen LogP contribution in [0.25, 0.3) is 11.3 Å². The molecule has 0 amide bonds. The number of rotatable bonds is 5. The topological polar surface area (TPSA) is 41.4 Å². The molecule has 0 aliphatic carbocycles. The maximum absolute atomic E-state index is 12.9. The third-order valence-corrected chi connectivity index (χ3v) is 4.65. The van der Waals surface area contributed by atoms with E-state index in [1.165, 1.54) is 0 Å². The fourth-order valence-electron chi connectivity index (χ4n) is 3.18. The van der Waals surface area contributed by atoms with Crippen molar-refractivity contribution in [2.24, 2.45) is 5.92 Å². The summed E-state index contributed by atoms with van der Waals surface area (Å²) >= 11 is 0.